The number of rotatable bonds is 5. The van der Waals surface area contributed by atoms with E-state index >= 15 is 0 Å². The molecule has 19 heavy (non-hydrogen) atoms. The average Bonchev–Trinajstić information content (AvgIpc) is 3.17. The fourth-order valence-corrected chi connectivity index (χ4v) is 2.97. The molecular formula is C15H24N4. The molecule has 0 aliphatic heterocycles. The van der Waals surface area contributed by atoms with Gasteiger partial charge in [-0.05, 0) is 31.6 Å². The Morgan fingerprint density at radius 1 is 1.21 bits per heavy atom. The van der Waals surface area contributed by atoms with Crippen molar-refractivity contribution < 1.29 is 0 Å². The first-order valence-corrected chi connectivity index (χ1v) is 7.54. The minimum Gasteiger partial charge on any atom is -0.373 e. The Balaban J connectivity index is 1.75. The van der Waals surface area contributed by atoms with Crippen LogP contribution in [0, 0.1) is 5.92 Å². The maximum absolute atomic E-state index is 4.76. The molecule has 0 aromatic carbocycles. The van der Waals surface area contributed by atoms with Crippen LogP contribution in [-0.2, 0) is 0 Å². The molecule has 0 spiro atoms. The highest BCUT2D eigenvalue weighted by atomic mass is 15.2. The van der Waals surface area contributed by atoms with Crippen molar-refractivity contribution in [1.82, 2.24) is 9.97 Å². The minimum atomic E-state index is 0.604. The Labute approximate surface area is 115 Å². The molecule has 0 bridgehead atoms. The molecule has 0 radical (unpaired) electrons. The van der Waals surface area contributed by atoms with Crippen molar-refractivity contribution in [2.45, 2.75) is 44.4 Å². The second-order valence-corrected chi connectivity index (χ2v) is 6.02. The van der Waals surface area contributed by atoms with Crippen molar-refractivity contribution >= 4 is 11.6 Å². The normalized spacial score (nSPS) is 19.7. The van der Waals surface area contributed by atoms with Gasteiger partial charge in [0.25, 0.3) is 0 Å². The summed E-state index contributed by atoms with van der Waals surface area (Å²) >= 11 is 0. The largest absolute Gasteiger partial charge is 0.373 e. The fourth-order valence-electron chi connectivity index (χ4n) is 2.97. The zero-order valence-corrected chi connectivity index (χ0v) is 12.0. The van der Waals surface area contributed by atoms with Crippen molar-refractivity contribution in [2.75, 3.05) is 30.9 Å². The van der Waals surface area contributed by atoms with Gasteiger partial charge in [0, 0.05) is 32.6 Å². The lowest BCUT2D eigenvalue weighted by molar-refractivity contribution is 0.544. The summed E-state index contributed by atoms with van der Waals surface area (Å²) in [6.07, 6.45) is 8.06. The quantitative estimate of drug-likeness (QED) is 0.883. The summed E-state index contributed by atoms with van der Waals surface area (Å²) in [5.41, 5.74) is 0. The highest BCUT2D eigenvalue weighted by Crippen LogP contribution is 2.39. The van der Waals surface area contributed by atoms with Crippen LogP contribution < -0.4 is 10.2 Å². The topological polar surface area (TPSA) is 41.0 Å². The number of hydrogen-bond acceptors (Lipinski definition) is 4. The fraction of sp³-hybridized carbons (Fsp3) is 0.733. The molecular weight excluding hydrogens is 236 g/mol. The van der Waals surface area contributed by atoms with Crippen LogP contribution in [0.4, 0.5) is 11.6 Å². The molecule has 0 unspecified atom stereocenters. The van der Waals surface area contributed by atoms with Gasteiger partial charge in [-0.3, -0.25) is 0 Å². The minimum absolute atomic E-state index is 0.604. The molecule has 1 N–H and O–H groups in total. The Morgan fingerprint density at radius 3 is 2.58 bits per heavy atom. The summed E-state index contributed by atoms with van der Waals surface area (Å²) in [5, 5.41) is 3.16. The van der Waals surface area contributed by atoms with E-state index in [9.17, 15) is 0 Å². The number of hydrogen-bond donors (Lipinski definition) is 1. The van der Waals surface area contributed by atoms with Gasteiger partial charge in [0.15, 0.2) is 0 Å². The van der Waals surface area contributed by atoms with Crippen molar-refractivity contribution in [3.63, 3.8) is 0 Å². The molecule has 1 aromatic rings. The highest BCUT2D eigenvalue weighted by Gasteiger charge is 2.28. The molecule has 1 heterocycles. The van der Waals surface area contributed by atoms with Gasteiger partial charge in [-0.2, -0.15) is 0 Å². The van der Waals surface area contributed by atoms with Crippen LogP contribution in [0.15, 0.2) is 6.07 Å². The molecule has 0 saturated heterocycles. The zero-order valence-electron chi connectivity index (χ0n) is 12.0. The van der Waals surface area contributed by atoms with E-state index in [0.717, 1.165) is 29.9 Å². The molecule has 4 nitrogen and oxygen atoms in total. The smallest absolute Gasteiger partial charge is 0.136 e. The first-order valence-electron chi connectivity index (χ1n) is 7.54. The molecule has 2 saturated carbocycles. The summed E-state index contributed by atoms with van der Waals surface area (Å²) < 4.78 is 0. The molecule has 0 amide bonds. The van der Waals surface area contributed by atoms with Gasteiger partial charge in [0.05, 0.1) is 0 Å². The number of aromatic nitrogens is 2. The Kier molecular flexibility index (Phi) is 3.58. The second-order valence-electron chi connectivity index (χ2n) is 6.02. The van der Waals surface area contributed by atoms with Crippen LogP contribution in [0.2, 0.25) is 0 Å². The number of anilines is 2. The SMILES string of the molecule is CNc1cc(N(C)CC2CCCC2)nc(C2CC2)n1. The Bertz CT molecular complexity index is 436. The van der Waals surface area contributed by atoms with Gasteiger partial charge in [0.1, 0.15) is 17.5 Å². The lowest BCUT2D eigenvalue weighted by Crippen LogP contribution is -2.25. The van der Waals surface area contributed by atoms with Crippen molar-refractivity contribution in [3.05, 3.63) is 11.9 Å². The van der Waals surface area contributed by atoms with Crippen molar-refractivity contribution in [1.29, 1.82) is 0 Å². The third kappa shape index (κ3) is 2.99. The van der Waals surface area contributed by atoms with Crippen LogP contribution in [0.3, 0.4) is 0 Å². The summed E-state index contributed by atoms with van der Waals surface area (Å²) in [5.74, 6) is 4.51. The van der Waals surface area contributed by atoms with E-state index in [4.69, 9.17) is 4.98 Å². The van der Waals surface area contributed by atoms with E-state index in [2.05, 4.69) is 28.3 Å². The Hall–Kier alpha value is -1.32. The molecule has 2 aliphatic carbocycles. The molecule has 104 valence electrons. The van der Waals surface area contributed by atoms with Crippen molar-refractivity contribution in [3.8, 4) is 0 Å². The van der Waals surface area contributed by atoms with Crippen molar-refractivity contribution in [2.24, 2.45) is 5.92 Å². The van der Waals surface area contributed by atoms with Gasteiger partial charge in [-0.1, -0.05) is 12.8 Å². The third-order valence-corrected chi connectivity index (χ3v) is 4.33. The molecule has 2 fully saturated rings. The monoisotopic (exact) mass is 260 g/mol. The average molecular weight is 260 g/mol. The zero-order chi connectivity index (χ0) is 13.2. The van der Waals surface area contributed by atoms with E-state index in [1.165, 1.54) is 38.5 Å². The van der Waals surface area contributed by atoms with Crippen LogP contribution >= 0.6 is 0 Å². The summed E-state index contributed by atoms with van der Waals surface area (Å²) in [7, 11) is 4.09. The van der Waals surface area contributed by atoms with Crippen LogP contribution in [-0.4, -0.2) is 30.6 Å². The standard InChI is InChI=1S/C15H24N4/c1-16-13-9-14(18-15(17-13)12-7-8-12)19(2)10-11-5-3-4-6-11/h9,11-12H,3-8,10H2,1-2H3,(H,16,17,18). The molecule has 2 aliphatic rings. The highest BCUT2D eigenvalue weighted by molar-refractivity contribution is 5.49. The lowest BCUT2D eigenvalue weighted by atomic mass is 10.1. The second kappa shape index (κ2) is 5.35. The predicted octanol–water partition coefficient (Wildman–Crippen LogP) is 3.02. The molecule has 1 aromatic heterocycles. The summed E-state index contributed by atoms with van der Waals surface area (Å²) in [6, 6.07) is 2.07. The number of nitrogens with one attached hydrogen (secondary N) is 1. The summed E-state index contributed by atoms with van der Waals surface area (Å²) in [6.45, 7) is 1.13. The van der Waals surface area contributed by atoms with E-state index in [-0.39, 0.29) is 0 Å². The van der Waals surface area contributed by atoms with Gasteiger partial charge in [0.2, 0.25) is 0 Å². The van der Waals surface area contributed by atoms with Crippen LogP contribution in [0.25, 0.3) is 0 Å². The third-order valence-electron chi connectivity index (χ3n) is 4.33. The first-order chi connectivity index (χ1) is 9.26. The summed E-state index contributed by atoms with van der Waals surface area (Å²) in [4.78, 5) is 11.6. The maximum atomic E-state index is 4.76. The van der Waals surface area contributed by atoms with E-state index in [1.807, 2.05) is 7.05 Å². The van der Waals surface area contributed by atoms with Gasteiger partial charge < -0.3 is 10.2 Å². The van der Waals surface area contributed by atoms with Crippen LogP contribution in [0.1, 0.15) is 50.3 Å². The Morgan fingerprint density at radius 2 is 1.95 bits per heavy atom. The van der Waals surface area contributed by atoms with Gasteiger partial charge in [-0.15, -0.1) is 0 Å². The maximum Gasteiger partial charge on any atom is 0.136 e. The van der Waals surface area contributed by atoms with Gasteiger partial charge in [-0.25, -0.2) is 9.97 Å². The first kappa shape index (κ1) is 12.7. The number of nitrogens with zero attached hydrogens (tertiary/aromatic N) is 3. The molecule has 0 atom stereocenters. The van der Waals surface area contributed by atoms with E-state index in [0.29, 0.717) is 5.92 Å². The predicted molar refractivity (Wildman–Crippen MR) is 78.8 cm³/mol. The molecule has 3 rings (SSSR count). The van der Waals surface area contributed by atoms with E-state index in [1.54, 1.807) is 0 Å². The van der Waals surface area contributed by atoms with E-state index < -0.39 is 0 Å². The van der Waals surface area contributed by atoms with Crippen LogP contribution in [0.5, 0.6) is 0 Å². The molecule has 4 heteroatoms. The lowest BCUT2D eigenvalue weighted by Gasteiger charge is -2.23. The van der Waals surface area contributed by atoms with Gasteiger partial charge >= 0.3 is 0 Å².